The first kappa shape index (κ1) is 33.9. The van der Waals surface area contributed by atoms with Crippen molar-refractivity contribution < 1.29 is 0 Å². The first-order valence-electron chi connectivity index (χ1n) is 20.6. The van der Waals surface area contributed by atoms with Crippen LogP contribution in [0.5, 0.6) is 0 Å². The minimum atomic E-state index is 0.347. The molecule has 0 spiro atoms. The molecule has 0 bridgehead atoms. The monoisotopic (exact) mass is 758 g/mol. The van der Waals surface area contributed by atoms with Crippen molar-refractivity contribution in [2.75, 3.05) is 0 Å². The van der Waals surface area contributed by atoms with Gasteiger partial charge in [-0.05, 0) is 101 Å². The molecule has 3 aliphatic carbocycles. The van der Waals surface area contributed by atoms with E-state index in [0.29, 0.717) is 28.7 Å². The van der Waals surface area contributed by atoms with Crippen LogP contribution in [0.15, 0.2) is 176 Å². The van der Waals surface area contributed by atoms with Crippen LogP contribution in [0.1, 0.15) is 24.8 Å². The van der Waals surface area contributed by atoms with Crippen molar-refractivity contribution in [2.45, 2.75) is 24.7 Å². The van der Waals surface area contributed by atoms with Gasteiger partial charge < -0.3 is 0 Å². The van der Waals surface area contributed by atoms with Gasteiger partial charge >= 0.3 is 0 Å². The van der Waals surface area contributed by atoms with Gasteiger partial charge in [0.15, 0.2) is 23.3 Å². The lowest BCUT2D eigenvalue weighted by molar-refractivity contribution is -0.219. The van der Waals surface area contributed by atoms with Crippen molar-refractivity contribution >= 4 is 10.8 Å². The molecule has 3 heterocycles. The van der Waals surface area contributed by atoms with Crippen molar-refractivity contribution in [3.63, 3.8) is 0 Å². The van der Waals surface area contributed by atoms with Gasteiger partial charge in [-0.1, -0.05) is 127 Å². The van der Waals surface area contributed by atoms with E-state index in [2.05, 4.69) is 126 Å². The van der Waals surface area contributed by atoms with Crippen molar-refractivity contribution in [2.24, 2.45) is 17.8 Å². The summed E-state index contributed by atoms with van der Waals surface area (Å²) in [5.74, 6) is 5.29. The van der Waals surface area contributed by atoms with E-state index in [1.54, 1.807) is 6.20 Å². The van der Waals surface area contributed by atoms with Crippen LogP contribution < -0.4 is 0 Å². The highest BCUT2D eigenvalue weighted by Gasteiger charge is 2.71. The third-order valence-corrected chi connectivity index (χ3v) is 13.2. The third-order valence-electron chi connectivity index (χ3n) is 13.2. The van der Waals surface area contributed by atoms with Gasteiger partial charge in [0.05, 0.1) is 11.4 Å². The van der Waals surface area contributed by atoms with Gasteiger partial charge in [-0.3, -0.25) is 4.98 Å². The smallest absolute Gasteiger partial charge is 0.164 e. The fraction of sp³-hybridized carbons (Fsp3) is 0.132. The third kappa shape index (κ3) is 5.70. The zero-order chi connectivity index (χ0) is 38.9. The van der Waals surface area contributed by atoms with Crippen molar-refractivity contribution in [3.8, 4) is 79.2 Å². The van der Waals surface area contributed by atoms with E-state index in [9.17, 15) is 0 Å². The molecule has 9 aromatic rings. The molecule has 6 nitrogen and oxygen atoms in total. The standard InChI is InChI=1S/C53H38N6/c1-3-12-33(13-4-1)46-29-47(37-18-9-17-35(24-37)39-20-11-23-54-32-39)56-51(55-46)40-25-36-16-7-8-22-44(36)45(28-40)52-58-49(34-14-5-2-6-15-34)57-50(59-52)38-19-10-21-43(27-38)53-30-41-26-42(31-53)48(41)53/h1-25,27-29,32,41-42,48H,26,30-31H2. The molecule has 0 aliphatic heterocycles. The Kier molecular flexibility index (Phi) is 7.73. The summed E-state index contributed by atoms with van der Waals surface area (Å²) in [6, 6.07) is 57.0. The number of benzene rings is 6. The minimum Gasteiger partial charge on any atom is -0.264 e. The van der Waals surface area contributed by atoms with Gasteiger partial charge in [0, 0.05) is 51.3 Å². The van der Waals surface area contributed by atoms with Crippen molar-refractivity contribution in [1.82, 2.24) is 29.9 Å². The summed E-state index contributed by atoms with van der Waals surface area (Å²) in [6.07, 6.45) is 7.76. The quantitative estimate of drug-likeness (QED) is 0.154. The van der Waals surface area contributed by atoms with E-state index in [4.69, 9.17) is 24.9 Å². The van der Waals surface area contributed by atoms with Crippen LogP contribution in [0.3, 0.4) is 0 Å². The Morgan fingerprint density at radius 3 is 1.81 bits per heavy atom. The second-order valence-corrected chi connectivity index (χ2v) is 16.5. The molecule has 280 valence electrons. The highest BCUT2D eigenvalue weighted by atomic mass is 15.0. The predicted octanol–water partition coefficient (Wildman–Crippen LogP) is 12.2. The summed E-state index contributed by atoms with van der Waals surface area (Å²) in [5, 5.41) is 2.10. The van der Waals surface area contributed by atoms with Crippen LogP contribution in [0.2, 0.25) is 0 Å². The normalized spacial score (nSPS) is 19.9. The molecule has 0 radical (unpaired) electrons. The molecule has 6 aromatic carbocycles. The maximum absolute atomic E-state index is 5.31. The van der Waals surface area contributed by atoms with Crippen LogP contribution in [0.4, 0.5) is 0 Å². The van der Waals surface area contributed by atoms with Gasteiger partial charge in [-0.25, -0.2) is 24.9 Å². The molecule has 3 saturated carbocycles. The minimum absolute atomic E-state index is 0.347. The summed E-state index contributed by atoms with van der Waals surface area (Å²) in [5.41, 5.74) is 11.4. The SMILES string of the molecule is c1ccc(-c2cc(-c3cccc(-c4cccnc4)c3)nc(-c3cc(-c4nc(-c5ccccc5)nc(-c5cccc(C67CC8CC(C6)C87)c5)n4)c4ccccc4c3)n2)cc1. The van der Waals surface area contributed by atoms with E-state index in [0.717, 1.165) is 84.4 Å². The molecule has 0 saturated heterocycles. The second kappa shape index (κ2) is 13.5. The Hall–Kier alpha value is -7.18. The van der Waals surface area contributed by atoms with E-state index in [1.807, 2.05) is 48.7 Å². The van der Waals surface area contributed by atoms with E-state index in [-0.39, 0.29) is 0 Å². The van der Waals surface area contributed by atoms with Crippen LogP contribution in [0, 0.1) is 17.8 Å². The highest BCUT2D eigenvalue weighted by Crippen LogP contribution is 2.77. The van der Waals surface area contributed by atoms with Crippen molar-refractivity contribution in [3.05, 3.63) is 182 Å². The molecular weight excluding hydrogens is 721 g/mol. The summed E-state index contributed by atoms with van der Waals surface area (Å²) in [4.78, 5) is 30.6. The fourth-order valence-electron chi connectivity index (χ4n) is 10.4. The van der Waals surface area contributed by atoms with Gasteiger partial charge in [0.1, 0.15) is 0 Å². The molecular formula is C53H38N6. The molecule has 6 heteroatoms. The molecule has 0 amide bonds. The highest BCUT2D eigenvalue weighted by molar-refractivity contribution is 5.98. The zero-order valence-electron chi connectivity index (χ0n) is 32.3. The van der Waals surface area contributed by atoms with Crippen molar-refractivity contribution in [1.29, 1.82) is 0 Å². The van der Waals surface area contributed by atoms with Gasteiger partial charge in [0.25, 0.3) is 0 Å². The lowest BCUT2D eigenvalue weighted by atomic mass is 9.28. The van der Waals surface area contributed by atoms with Crippen LogP contribution >= 0.6 is 0 Å². The molecule has 3 aromatic heterocycles. The number of pyridine rings is 1. The van der Waals surface area contributed by atoms with Crippen LogP contribution in [0.25, 0.3) is 90.0 Å². The molecule has 12 rings (SSSR count). The lowest BCUT2D eigenvalue weighted by Gasteiger charge is -2.76. The zero-order valence-corrected chi connectivity index (χ0v) is 32.3. The van der Waals surface area contributed by atoms with E-state index in [1.165, 1.54) is 24.8 Å². The summed E-state index contributed by atoms with van der Waals surface area (Å²) in [6.45, 7) is 0. The number of rotatable bonds is 8. The first-order chi connectivity index (χ1) is 29.1. The molecule has 0 N–H and O–H groups in total. The number of nitrogens with zero attached hydrogens (tertiary/aromatic N) is 6. The summed E-state index contributed by atoms with van der Waals surface area (Å²) >= 11 is 0. The maximum Gasteiger partial charge on any atom is 0.164 e. The summed E-state index contributed by atoms with van der Waals surface area (Å²) in [7, 11) is 0. The van der Waals surface area contributed by atoms with Gasteiger partial charge in [-0.15, -0.1) is 0 Å². The maximum atomic E-state index is 5.31. The van der Waals surface area contributed by atoms with Gasteiger partial charge in [0.2, 0.25) is 0 Å². The Morgan fingerprint density at radius 1 is 0.424 bits per heavy atom. The van der Waals surface area contributed by atoms with Crippen LogP contribution in [-0.2, 0) is 5.41 Å². The molecule has 2 unspecified atom stereocenters. The predicted molar refractivity (Wildman–Crippen MR) is 235 cm³/mol. The van der Waals surface area contributed by atoms with Gasteiger partial charge in [-0.2, -0.15) is 0 Å². The Labute approximate surface area is 342 Å². The topological polar surface area (TPSA) is 77.3 Å². The largest absolute Gasteiger partial charge is 0.264 e. The molecule has 2 atom stereocenters. The molecule has 3 aliphatic rings. The van der Waals surface area contributed by atoms with Crippen LogP contribution in [-0.4, -0.2) is 29.9 Å². The summed E-state index contributed by atoms with van der Waals surface area (Å²) < 4.78 is 0. The average molecular weight is 759 g/mol. The Morgan fingerprint density at radius 2 is 1.05 bits per heavy atom. The Bertz CT molecular complexity index is 3050. The average Bonchev–Trinajstić information content (AvgIpc) is 3.31. The number of hydrogen-bond donors (Lipinski definition) is 0. The molecule has 59 heavy (non-hydrogen) atoms. The number of hydrogen-bond acceptors (Lipinski definition) is 6. The lowest BCUT2D eigenvalue weighted by Crippen LogP contribution is -2.71. The first-order valence-corrected chi connectivity index (χ1v) is 20.6. The number of fused-ring (bicyclic) bond motifs is 1. The van der Waals surface area contributed by atoms with E-state index >= 15 is 0 Å². The Balaban J connectivity index is 1.03. The van der Waals surface area contributed by atoms with E-state index < -0.39 is 0 Å². The second-order valence-electron chi connectivity index (χ2n) is 16.5. The number of aromatic nitrogens is 6. The molecule has 3 fully saturated rings. The fourth-order valence-corrected chi connectivity index (χ4v) is 10.4.